The average Bonchev–Trinajstić information content (AvgIpc) is 3.62. The Hall–Kier alpha value is -3.82. The van der Waals surface area contributed by atoms with Gasteiger partial charge in [-0.2, -0.15) is 13.2 Å². The van der Waals surface area contributed by atoms with Crippen LogP contribution in [0.15, 0.2) is 48.7 Å². The van der Waals surface area contributed by atoms with Gasteiger partial charge < -0.3 is 10.6 Å². The number of carbonyl (C=O) groups is 2. The molecule has 0 aliphatic heterocycles. The zero-order valence-corrected chi connectivity index (χ0v) is 18.5. The van der Waals surface area contributed by atoms with Crippen LogP contribution < -0.4 is 10.6 Å². The molecule has 10 heteroatoms. The number of hydrogen-bond acceptors (Lipinski definition) is 3. The molecule has 3 aromatic rings. The van der Waals surface area contributed by atoms with Crippen LogP contribution in [0.25, 0.3) is 11.3 Å². The molecule has 35 heavy (non-hydrogen) atoms. The number of aromatic nitrogens is 1. The summed E-state index contributed by atoms with van der Waals surface area (Å²) < 4.78 is 67.3. The van der Waals surface area contributed by atoms with E-state index in [-0.39, 0.29) is 28.6 Å². The van der Waals surface area contributed by atoms with Gasteiger partial charge in [-0.15, -0.1) is 0 Å². The quantitative estimate of drug-likeness (QED) is 0.469. The molecule has 0 saturated heterocycles. The molecule has 2 aromatic carbocycles. The van der Waals surface area contributed by atoms with Crippen LogP contribution in [0.2, 0.25) is 0 Å². The summed E-state index contributed by atoms with van der Waals surface area (Å²) in [4.78, 5) is 29.0. The van der Waals surface area contributed by atoms with Crippen LogP contribution in [0.5, 0.6) is 0 Å². The van der Waals surface area contributed by atoms with E-state index in [0.717, 1.165) is 18.9 Å². The van der Waals surface area contributed by atoms with Crippen LogP contribution in [-0.4, -0.2) is 22.8 Å². The summed E-state index contributed by atoms with van der Waals surface area (Å²) >= 11 is 0. The van der Waals surface area contributed by atoms with Gasteiger partial charge in [0.25, 0.3) is 11.8 Å². The Morgan fingerprint density at radius 2 is 1.74 bits per heavy atom. The van der Waals surface area contributed by atoms with Crippen LogP contribution in [0.4, 0.5) is 22.0 Å². The number of hydrogen-bond donors (Lipinski definition) is 2. The molecule has 0 spiro atoms. The maximum absolute atomic E-state index is 14.5. The Balaban J connectivity index is 1.51. The number of rotatable bonds is 6. The summed E-state index contributed by atoms with van der Waals surface area (Å²) in [7, 11) is 0. The molecular weight excluding hydrogens is 469 g/mol. The molecule has 1 aliphatic rings. The number of pyridine rings is 1. The highest BCUT2D eigenvalue weighted by Crippen LogP contribution is 2.32. The normalized spacial score (nSPS) is 13.4. The van der Waals surface area contributed by atoms with E-state index in [0.29, 0.717) is 29.5 Å². The zero-order chi connectivity index (χ0) is 25.3. The molecule has 182 valence electrons. The van der Waals surface area contributed by atoms with E-state index < -0.39 is 41.4 Å². The van der Waals surface area contributed by atoms with Crippen molar-refractivity contribution in [1.29, 1.82) is 0 Å². The molecule has 4 rings (SSSR count). The summed E-state index contributed by atoms with van der Waals surface area (Å²) in [5.41, 5.74) is -0.327. The third-order valence-electron chi connectivity index (χ3n) is 5.63. The van der Waals surface area contributed by atoms with Crippen molar-refractivity contribution in [3.63, 3.8) is 0 Å². The second-order valence-corrected chi connectivity index (χ2v) is 8.29. The van der Waals surface area contributed by atoms with Crippen LogP contribution in [0.1, 0.15) is 50.2 Å². The van der Waals surface area contributed by atoms with Crippen molar-refractivity contribution >= 4 is 11.8 Å². The lowest BCUT2D eigenvalue weighted by molar-refractivity contribution is -0.138. The van der Waals surface area contributed by atoms with Crippen molar-refractivity contribution in [2.24, 2.45) is 0 Å². The smallest absolute Gasteiger partial charge is 0.349 e. The number of halogens is 5. The van der Waals surface area contributed by atoms with Gasteiger partial charge >= 0.3 is 6.18 Å². The lowest BCUT2D eigenvalue weighted by atomic mass is 10.00. The third kappa shape index (κ3) is 5.64. The number of nitrogens with zero attached hydrogens (tertiary/aromatic N) is 1. The van der Waals surface area contributed by atoms with Gasteiger partial charge in [0.05, 0.1) is 16.8 Å². The lowest BCUT2D eigenvalue weighted by Crippen LogP contribution is -2.25. The first-order valence-corrected chi connectivity index (χ1v) is 10.7. The summed E-state index contributed by atoms with van der Waals surface area (Å²) in [6, 6.07) is 7.63. The Morgan fingerprint density at radius 3 is 2.37 bits per heavy atom. The third-order valence-corrected chi connectivity index (χ3v) is 5.63. The van der Waals surface area contributed by atoms with Gasteiger partial charge in [-0.05, 0) is 73.4 Å². The molecule has 2 N–H and O–H groups in total. The van der Waals surface area contributed by atoms with Crippen LogP contribution in [0.3, 0.4) is 0 Å². The molecular formula is C25H20F5N3O2. The standard InChI is InChI=1S/C25H20F5N3O2/c1-13-19(9-15(10-21(13)27)24(35)33-18-4-5-18)22-7-2-14(11-31-22)23(34)32-12-16-8-17(26)3-6-20(16)25(28,29)30/h2-3,6-11,18H,4-5,12H2,1H3,(H,32,34)(H,33,35). The maximum atomic E-state index is 14.5. The fraction of sp³-hybridized carbons (Fsp3) is 0.240. The Bertz CT molecular complexity index is 1290. The number of amides is 2. The van der Waals surface area contributed by atoms with E-state index in [2.05, 4.69) is 15.6 Å². The Labute approximate surface area is 197 Å². The van der Waals surface area contributed by atoms with Crippen molar-refractivity contribution in [2.45, 2.75) is 38.5 Å². The molecule has 1 fully saturated rings. The van der Waals surface area contributed by atoms with Crippen LogP contribution >= 0.6 is 0 Å². The monoisotopic (exact) mass is 489 g/mol. The van der Waals surface area contributed by atoms with E-state index in [1.165, 1.54) is 31.3 Å². The van der Waals surface area contributed by atoms with Crippen molar-refractivity contribution in [1.82, 2.24) is 15.6 Å². The van der Waals surface area contributed by atoms with Crippen molar-refractivity contribution in [3.8, 4) is 11.3 Å². The lowest BCUT2D eigenvalue weighted by Gasteiger charge is -2.14. The number of benzene rings is 2. The van der Waals surface area contributed by atoms with Gasteiger partial charge in [-0.1, -0.05) is 0 Å². The number of alkyl halides is 3. The van der Waals surface area contributed by atoms with Crippen molar-refractivity contribution < 1.29 is 31.5 Å². The Kier molecular flexibility index (Phi) is 6.56. The highest BCUT2D eigenvalue weighted by atomic mass is 19.4. The van der Waals surface area contributed by atoms with Crippen molar-refractivity contribution in [2.75, 3.05) is 0 Å². The van der Waals surface area contributed by atoms with E-state index in [4.69, 9.17) is 0 Å². The van der Waals surface area contributed by atoms with Gasteiger partial charge in [0.15, 0.2) is 0 Å². The first-order valence-electron chi connectivity index (χ1n) is 10.7. The van der Waals surface area contributed by atoms with Crippen LogP contribution in [-0.2, 0) is 12.7 Å². The van der Waals surface area contributed by atoms with E-state index >= 15 is 0 Å². The highest BCUT2D eigenvalue weighted by molar-refractivity contribution is 5.96. The fourth-order valence-corrected chi connectivity index (χ4v) is 3.52. The molecule has 5 nitrogen and oxygen atoms in total. The number of nitrogens with one attached hydrogen (secondary N) is 2. The molecule has 0 unspecified atom stereocenters. The van der Waals surface area contributed by atoms with Gasteiger partial charge in [0.1, 0.15) is 11.6 Å². The second kappa shape index (κ2) is 9.44. The maximum Gasteiger partial charge on any atom is 0.416 e. The van der Waals surface area contributed by atoms with Gasteiger partial charge in [-0.25, -0.2) is 8.78 Å². The van der Waals surface area contributed by atoms with E-state index in [1.54, 1.807) is 0 Å². The first-order chi connectivity index (χ1) is 16.5. The number of carbonyl (C=O) groups excluding carboxylic acids is 2. The summed E-state index contributed by atoms with van der Waals surface area (Å²) in [5.74, 6) is -2.55. The molecule has 0 bridgehead atoms. The zero-order valence-electron chi connectivity index (χ0n) is 18.5. The first kappa shape index (κ1) is 24.3. The molecule has 1 aromatic heterocycles. The molecule has 1 heterocycles. The summed E-state index contributed by atoms with van der Waals surface area (Å²) in [5, 5.41) is 5.12. The average molecular weight is 489 g/mol. The summed E-state index contributed by atoms with van der Waals surface area (Å²) in [6.45, 7) is 0.989. The molecule has 0 radical (unpaired) electrons. The fourth-order valence-electron chi connectivity index (χ4n) is 3.52. The van der Waals surface area contributed by atoms with Crippen molar-refractivity contribution in [3.05, 3.63) is 88.1 Å². The molecule has 1 saturated carbocycles. The SMILES string of the molecule is Cc1c(F)cc(C(=O)NC2CC2)cc1-c1ccc(C(=O)NCc2cc(F)ccc2C(F)(F)F)cn1. The van der Waals surface area contributed by atoms with Gasteiger partial charge in [0.2, 0.25) is 0 Å². The minimum atomic E-state index is -4.70. The molecule has 2 amide bonds. The van der Waals surface area contributed by atoms with E-state index in [9.17, 15) is 31.5 Å². The minimum Gasteiger partial charge on any atom is -0.349 e. The predicted octanol–water partition coefficient (Wildman–Crippen LogP) is 5.18. The van der Waals surface area contributed by atoms with E-state index in [1.807, 2.05) is 0 Å². The molecule has 1 aliphatic carbocycles. The second-order valence-electron chi connectivity index (χ2n) is 8.29. The Morgan fingerprint density at radius 1 is 1.00 bits per heavy atom. The molecule has 0 atom stereocenters. The van der Waals surface area contributed by atoms with Gasteiger partial charge in [-0.3, -0.25) is 14.6 Å². The topological polar surface area (TPSA) is 71.1 Å². The summed E-state index contributed by atoms with van der Waals surface area (Å²) in [6.07, 6.45) is -1.74. The van der Waals surface area contributed by atoms with Gasteiger partial charge in [0, 0.05) is 29.9 Å². The predicted molar refractivity (Wildman–Crippen MR) is 117 cm³/mol. The minimum absolute atomic E-state index is 0.0412. The highest BCUT2D eigenvalue weighted by Gasteiger charge is 2.33. The largest absolute Gasteiger partial charge is 0.416 e. The van der Waals surface area contributed by atoms with Crippen LogP contribution in [0, 0.1) is 18.6 Å².